The molecule has 0 unspecified atom stereocenters. The van der Waals surface area contributed by atoms with Crippen molar-refractivity contribution in [2.75, 3.05) is 5.32 Å². The molecule has 0 radical (unpaired) electrons. The Morgan fingerprint density at radius 3 is 2.83 bits per heavy atom. The van der Waals surface area contributed by atoms with Gasteiger partial charge in [-0.15, -0.1) is 0 Å². The lowest BCUT2D eigenvalue weighted by molar-refractivity contribution is -0.118. The minimum Gasteiger partial charge on any atom is -0.368 e. The highest BCUT2D eigenvalue weighted by Crippen LogP contribution is 2.23. The fraction of sp³-hybridized carbons (Fsp3) is 0.188. The van der Waals surface area contributed by atoms with Crippen molar-refractivity contribution in [3.8, 4) is 11.5 Å². The molecule has 0 aliphatic carbocycles. The monoisotopic (exact) mass is 323 g/mol. The molecule has 122 valence electrons. The van der Waals surface area contributed by atoms with E-state index in [1.54, 1.807) is 18.6 Å². The minimum atomic E-state index is -0.448. The number of aryl methyl sites for hydroxylation is 1. The number of rotatable bonds is 5. The molecule has 0 fully saturated rings. The molecule has 0 aliphatic heterocycles. The third kappa shape index (κ3) is 3.37. The van der Waals surface area contributed by atoms with Crippen LogP contribution in [0, 0.1) is 13.8 Å². The largest absolute Gasteiger partial charge is 0.368 e. The van der Waals surface area contributed by atoms with Gasteiger partial charge in [0.25, 0.3) is 0 Å². The molecule has 0 saturated carbocycles. The van der Waals surface area contributed by atoms with Gasteiger partial charge >= 0.3 is 0 Å². The van der Waals surface area contributed by atoms with Crippen LogP contribution in [0.2, 0.25) is 0 Å². The molecule has 3 aromatic rings. The minimum absolute atomic E-state index is 0.0304. The van der Waals surface area contributed by atoms with Gasteiger partial charge < -0.3 is 11.1 Å². The Balaban J connectivity index is 1.91. The van der Waals surface area contributed by atoms with Gasteiger partial charge in [0.2, 0.25) is 5.91 Å². The Morgan fingerprint density at radius 1 is 1.29 bits per heavy atom. The van der Waals surface area contributed by atoms with Crippen LogP contribution in [-0.2, 0) is 11.3 Å². The van der Waals surface area contributed by atoms with Crippen LogP contribution in [-0.4, -0.2) is 30.6 Å². The van der Waals surface area contributed by atoms with E-state index in [-0.39, 0.29) is 6.54 Å². The van der Waals surface area contributed by atoms with Crippen molar-refractivity contribution in [1.82, 2.24) is 24.7 Å². The van der Waals surface area contributed by atoms with E-state index >= 15 is 0 Å². The van der Waals surface area contributed by atoms with Gasteiger partial charge in [0, 0.05) is 23.7 Å². The molecule has 0 aromatic carbocycles. The van der Waals surface area contributed by atoms with Crippen molar-refractivity contribution in [1.29, 1.82) is 0 Å². The van der Waals surface area contributed by atoms with Gasteiger partial charge in [-0.3, -0.25) is 14.5 Å². The van der Waals surface area contributed by atoms with Crippen LogP contribution in [0.4, 0.5) is 11.5 Å². The summed E-state index contributed by atoms with van der Waals surface area (Å²) in [6.45, 7) is 3.89. The van der Waals surface area contributed by atoms with E-state index in [2.05, 4.69) is 25.4 Å². The normalized spacial score (nSPS) is 10.6. The zero-order valence-electron chi connectivity index (χ0n) is 13.4. The second-order valence-electron chi connectivity index (χ2n) is 5.34. The van der Waals surface area contributed by atoms with E-state index in [9.17, 15) is 4.79 Å². The van der Waals surface area contributed by atoms with E-state index in [0.717, 1.165) is 11.3 Å². The Kier molecular flexibility index (Phi) is 4.19. The zero-order chi connectivity index (χ0) is 17.1. The smallest absolute Gasteiger partial charge is 0.239 e. The van der Waals surface area contributed by atoms with Crippen molar-refractivity contribution in [2.45, 2.75) is 20.4 Å². The lowest BCUT2D eigenvalue weighted by Gasteiger charge is -2.10. The quantitative estimate of drug-likeness (QED) is 0.737. The number of pyridine rings is 1. The number of hydrogen-bond donors (Lipinski definition) is 2. The van der Waals surface area contributed by atoms with Crippen molar-refractivity contribution in [3.05, 3.63) is 48.0 Å². The Bertz CT molecular complexity index is 873. The Labute approximate surface area is 138 Å². The lowest BCUT2D eigenvalue weighted by atomic mass is 10.2. The maximum Gasteiger partial charge on any atom is 0.239 e. The molecule has 8 nitrogen and oxygen atoms in total. The molecular formula is C16H17N7O. The summed E-state index contributed by atoms with van der Waals surface area (Å²) in [5.74, 6) is 0.767. The topological polar surface area (TPSA) is 112 Å². The predicted octanol–water partition coefficient (Wildman–Crippen LogP) is 1.58. The molecule has 1 amide bonds. The molecule has 3 heterocycles. The highest BCUT2D eigenvalue weighted by Gasteiger charge is 2.11. The highest BCUT2D eigenvalue weighted by atomic mass is 16.1. The fourth-order valence-corrected chi connectivity index (χ4v) is 2.17. The van der Waals surface area contributed by atoms with Crippen molar-refractivity contribution in [3.63, 3.8) is 0 Å². The van der Waals surface area contributed by atoms with Gasteiger partial charge in [-0.1, -0.05) is 6.07 Å². The number of carbonyl (C=O) groups is 1. The molecular weight excluding hydrogens is 306 g/mol. The summed E-state index contributed by atoms with van der Waals surface area (Å²) in [6, 6.07) is 5.59. The summed E-state index contributed by atoms with van der Waals surface area (Å²) < 4.78 is 1.47. The average molecular weight is 323 g/mol. The molecule has 0 bridgehead atoms. The predicted molar refractivity (Wildman–Crippen MR) is 89.4 cm³/mol. The Hall–Kier alpha value is -3.29. The number of nitrogens with one attached hydrogen (secondary N) is 1. The molecule has 3 N–H and O–H groups in total. The first-order valence-corrected chi connectivity index (χ1v) is 7.37. The van der Waals surface area contributed by atoms with E-state index < -0.39 is 5.91 Å². The fourth-order valence-electron chi connectivity index (χ4n) is 2.17. The third-order valence-electron chi connectivity index (χ3n) is 3.50. The summed E-state index contributed by atoms with van der Waals surface area (Å²) in [7, 11) is 0. The van der Waals surface area contributed by atoms with Crippen molar-refractivity contribution in [2.24, 2.45) is 5.73 Å². The van der Waals surface area contributed by atoms with Crippen molar-refractivity contribution < 1.29 is 4.79 Å². The van der Waals surface area contributed by atoms with E-state index in [0.29, 0.717) is 23.0 Å². The first-order chi connectivity index (χ1) is 11.5. The molecule has 3 aromatic heterocycles. The van der Waals surface area contributed by atoms with E-state index in [4.69, 9.17) is 5.73 Å². The van der Waals surface area contributed by atoms with Gasteiger partial charge in [0.15, 0.2) is 5.82 Å². The van der Waals surface area contributed by atoms with Crippen LogP contribution >= 0.6 is 0 Å². The number of carbonyl (C=O) groups excluding carboxylic acids is 1. The van der Waals surface area contributed by atoms with Crippen molar-refractivity contribution >= 4 is 17.4 Å². The molecule has 3 rings (SSSR count). The summed E-state index contributed by atoms with van der Waals surface area (Å²) in [5, 5.41) is 7.29. The number of amides is 1. The number of hydrogen-bond acceptors (Lipinski definition) is 6. The molecule has 0 spiro atoms. The number of primary amides is 1. The van der Waals surface area contributed by atoms with E-state index in [1.807, 2.05) is 32.0 Å². The van der Waals surface area contributed by atoms with Crippen LogP contribution in [0.3, 0.4) is 0 Å². The van der Waals surface area contributed by atoms with Crippen LogP contribution in [0.25, 0.3) is 11.5 Å². The molecule has 24 heavy (non-hydrogen) atoms. The van der Waals surface area contributed by atoms with Crippen LogP contribution in [0.5, 0.6) is 0 Å². The highest BCUT2D eigenvalue weighted by molar-refractivity contribution is 5.73. The standard InChI is InChI=1S/C16H17N7O/c1-10-11(2)20-16(13-5-3-4-6-18-13)22-15(10)21-12-7-19-23(8-12)9-14(17)24/h3-8H,9H2,1-2H3,(H2,17,24)(H,20,21,22). The van der Waals surface area contributed by atoms with Crippen LogP contribution < -0.4 is 11.1 Å². The number of nitrogens with zero attached hydrogens (tertiary/aromatic N) is 5. The maximum atomic E-state index is 11.0. The number of anilines is 2. The molecule has 8 heteroatoms. The van der Waals surface area contributed by atoms with Crippen LogP contribution in [0.15, 0.2) is 36.8 Å². The van der Waals surface area contributed by atoms with Gasteiger partial charge in [0.1, 0.15) is 18.1 Å². The van der Waals surface area contributed by atoms with Gasteiger partial charge in [0.05, 0.1) is 11.9 Å². The third-order valence-corrected chi connectivity index (χ3v) is 3.50. The lowest BCUT2D eigenvalue weighted by Crippen LogP contribution is -2.18. The number of aromatic nitrogens is 5. The SMILES string of the molecule is Cc1nc(-c2ccccn2)nc(Nc2cnn(CC(N)=O)c2)c1C. The van der Waals surface area contributed by atoms with E-state index in [1.165, 1.54) is 4.68 Å². The average Bonchev–Trinajstić information content (AvgIpc) is 2.98. The van der Waals surface area contributed by atoms with Gasteiger partial charge in [-0.2, -0.15) is 5.10 Å². The second-order valence-corrected chi connectivity index (χ2v) is 5.34. The summed E-state index contributed by atoms with van der Waals surface area (Å²) in [4.78, 5) is 24.3. The summed E-state index contributed by atoms with van der Waals surface area (Å²) in [5.41, 5.74) is 8.37. The first kappa shape index (κ1) is 15.6. The maximum absolute atomic E-state index is 11.0. The number of nitrogens with two attached hydrogens (primary N) is 1. The first-order valence-electron chi connectivity index (χ1n) is 7.37. The summed E-state index contributed by atoms with van der Waals surface area (Å²) >= 11 is 0. The molecule has 0 aliphatic rings. The summed E-state index contributed by atoms with van der Waals surface area (Å²) in [6.07, 6.45) is 5.01. The molecule has 0 saturated heterocycles. The van der Waals surface area contributed by atoms with Crippen LogP contribution in [0.1, 0.15) is 11.3 Å². The second kappa shape index (κ2) is 6.45. The van der Waals surface area contributed by atoms with Gasteiger partial charge in [-0.05, 0) is 26.0 Å². The zero-order valence-corrected chi connectivity index (χ0v) is 13.4. The molecule has 0 atom stereocenters. The van der Waals surface area contributed by atoms with Gasteiger partial charge in [-0.25, -0.2) is 9.97 Å². The Morgan fingerprint density at radius 2 is 2.12 bits per heavy atom.